The van der Waals surface area contributed by atoms with E-state index in [0.29, 0.717) is 10.7 Å². The summed E-state index contributed by atoms with van der Waals surface area (Å²) in [5.41, 5.74) is 0.751. The van der Waals surface area contributed by atoms with Gasteiger partial charge in [-0.05, 0) is 30.8 Å². The first kappa shape index (κ1) is 11.7. The van der Waals surface area contributed by atoms with Crippen LogP contribution in [0.15, 0.2) is 34.4 Å². The van der Waals surface area contributed by atoms with Gasteiger partial charge >= 0.3 is 5.97 Å². The van der Waals surface area contributed by atoms with Crippen molar-refractivity contribution < 1.29 is 9.90 Å². The van der Waals surface area contributed by atoms with Gasteiger partial charge in [0, 0.05) is 13.2 Å². The Hall–Kier alpha value is -1.82. The van der Waals surface area contributed by atoms with E-state index < -0.39 is 5.97 Å². The van der Waals surface area contributed by atoms with Gasteiger partial charge < -0.3 is 5.11 Å². The second kappa shape index (κ2) is 4.58. The summed E-state index contributed by atoms with van der Waals surface area (Å²) in [4.78, 5) is 15.3. The van der Waals surface area contributed by atoms with Gasteiger partial charge in [-0.1, -0.05) is 6.07 Å². The van der Waals surface area contributed by atoms with Gasteiger partial charge in [-0.2, -0.15) is 5.10 Å². The molecule has 0 amide bonds. The van der Waals surface area contributed by atoms with Gasteiger partial charge in [0.05, 0.1) is 5.69 Å². The molecule has 2 aromatic heterocycles. The van der Waals surface area contributed by atoms with Gasteiger partial charge in [0.25, 0.3) is 0 Å². The quantitative estimate of drug-likeness (QED) is 0.900. The van der Waals surface area contributed by atoms with Crippen molar-refractivity contribution in [2.75, 3.05) is 0 Å². The molecule has 88 valence electrons. The lowest BCUT2D eigenvalue weighted by Gasteiger charge is -2.02. The summed E-state index contributed by atoms with van der Waals surface area (Å²) >= 11 is 1.30. The van der Waals surface area contributed by atoms with Crippen LogP contribution < -0.4 is 0 Å². The minimum Gasteiger partial charge on any atom is -0.478 e. The fourth-order valence-electron chi connectivity index (χ4n) is 1.51. The van der Waals surface area contributed by atoms with Crippen molar-refractivity contribution in [2.45, 2.75) is 17.0 Å². The molecule has 5 nitrogen and oxygen atoms in total. The van der Waals surface area contributed by atoms with Crippen LogP contribution in [0, 0.1) is 6.92 Å². The van der Waals surface area contributed by atoms with Gasteiger partial charge in [-0.3, -0.25) is 4.68 Å². The highest BCUT2D eigenvalue weighted by Gasteiger charge is 2.20. The zero-order chi connectivity index (χ0) is 12.4. The predicted molar refractivity (Wildman–Crippen MR) is 63.3 cm³/mol. The van der Waals surface area contributed by atoms with E-state index in [4.69, 9.17) is 5.11 Å². The van der Waals surface area contributed by atoms with Crippen LogP contribution in [0.1, 0.15) is 16.1 Å². The number of carbonyl (C=O) groups is 1. The number of pyridine rings is 1. The van der Waals surface area contributed by atoms with Gasteiger partial charge in [-0.15, -0.1) is 0 Å². The lowest BCUT2D eigenvalue weighted by molar-refractivity contribution is 0.0692. The Morgan fingerprint density at radius 2 is 2.24 bits per heavy atom. The van der Waals surface area contributed by atoms with Gasteiger partial charge in [-0.25, -0.2) is 9.78 Å². The second-order valence-corrected chi connectivity index (χ2v) is 4.47. The molecule has 0 spiro atoms. The lowest BCUT2D eigenvalue weighted by Crippen LogP contribution is -2.00. The SMILES string of the molecule is Cc1nn(C)c(Sc2ccccn2)c1C(=O)O. The van der Waals surface area contributed by atoms with Crippen molar-refractivity contribution in [3.8, 4) is 0 Å². The Bertz CT molecular complexity index is 551. The Labute approximate surface area is 102 Å². The first-order chi connectivity index (χ1) is 8.09. The largest absolute Gasteiger partial charge is 0.478 e. The number of hydrogen-bond acceptors (Lipinski definition) is 4. The topological polar surface area (TPSA) is 68.0 Å². The molecule has 0 aliphatic carbocycles. The normalized spacial score (nSPS) is 10.5. The van der Waals surface area contributed by atoms with E-state index in [1.165, 1.54) is 11.8 Å². The molecule has 1 N–H and O–H groups in total. The van der Waals surface area contributed by atoms with Gasteiger partial charge in [0.15, 0.2) is 0 Å². The zero-order valence-corrected chi connectivity index (χ0v) is 10.2. The second-order valence-electron chi connectivity index (χ2n) is 3.46. The third kappa shape index (κ3) is 2.31. The molecule has 2 rings (SSSR count). The van der Waals surface area contributed by atoms with Crippen molar-refractivity contribution in [2.24, 2.45) is 7.05 Å². The number of carboxylic acids is 1. The number of aromatic nitrogens is 3. The molecule has 0 saturated heterocycles. The number of carboxylic acid groups (broad SMARTS) is 1. The molecule has 0 fully saturated rings. The summed E-state index contributed by atoms with van der Waals surface area (Å²) in [6, 6.07) is 5.51. The van der Waals surface area contributed by atoms with Crippen molar-refractivity contribution in [3.05, 3.63) is 35.7 Å². The first-order valence-corrected chi connectivity index (χ1v) is 5.77. The molecule has 0 atom stereocenters. The molecule has 0 aliphatic rings. The molecule has 0 aliphatic heterocycles. The lowest BCUT2D eigenvalue weighted by atomic mass is 10.3. The third-order valence-corrected chi connectivity index (χ3v) is 3.33. The van der Waals surface area contributed by atoms with E-state index in [2.05, 4.69) is 10.1 Å². The first-order valence-electron chi connectivity index (χ1n) is 4.95. The molecule has 0 radical (unpaired) electrons. The van der Waals surface area contributed by atoms with Crippen LogP contribution in [0.5, 0.6) is 0 Å². The van der Waals surface area contributed by atoms with Crippen LogP contribution in [-0.2, 0) is 7.05 Å². The highest BCUT2D eigenvalue weighted by Crippen LogP contribution is 2.30. The number of rotatable bonds is 3. The van der Waals surface area contributed by atoms with E-state index in [1.807, 2.05) is 18.2 Å². The summed E-state index contributed by atoms with van der Waals surface area (Å²) < 4.78 is 1.57. The van der Waals surface area contributed by atoms with E-state index >= 15 is 0 Å². The fourth-order valence-corrected chi connectivity index (χ4v) is 2.48. The van der Waals surface area contributed by atoms with Crippen LogP contribution in [0.3, 0.4) is 0 Å². The summed E-state index contributed by atoms with van der Waals surface area (Å²) in [5.74, 6) is -0.964. The maximum atomic E-state index is 11.2. The standard InChI is InChI=1S/C11H11N3O2S/c1-7-9(11(15)16)10(14(2)13-7)17-8-5-3-4-6-12-8/h3-6H,1-2H3,(H,15,16). The molecule has 2 heterocycles. The minimum atomic E-state index is -0.964. The highest BCUT2D eigenvalue weighted by molar-refractivity contribution is 7.99. The van der Waals surface area contributed by atoms with Gasteiger partial charge in [0.1, 0.15) is 15.6 Å². The van der Waals surface area contributed by atoms with Crippen molar-refractivity contribution in [1.82, 2.24) is 14.8 Å². The number of aromatic carboxylic acids is 1. The maximum Gasteiger partial charge on any atom is 0.340 e. The Kier molecular flexibility index (Phi) is 3.14. The summed E-state index contributed by atoms with van der Waals surface area (Å²) in [6.45, 7) is 1.69. The Morgan fingerprint density at radius 3 is 2.82 bits per heavy atom. The molecular formula is C11H11N3O2S. The minimum absolute atomic E-state index is 0.239. The summed E-state index contributed by atoms with van der Waals surface area (Å²) in [6.07, 6.45) is 1.67. The molecule has 2 aromatic rings. The Morgan fingerprint density at radius 1 is 1.47 bits per heavy atom. The molecule has 17 heavy (non-hydrogen) atoms. The van der Waals surface area contributed by atoms with E-state index in [-0.39, 0.29) is 5.56 Å². The molecule has 0 bridgehead atoms. The number of nitrogens with zero attached hydrogens (tertiary/aromatic N) is 3. The van der Waals surface area contributed by atoms with Crippen molar-refractivity contribution in [1.29, 1.82) is 0 Å². The number of aryl methyl sites for hydroxylation is 2. The molecule has 0 aromatic carbocycles. The fraction of sp³-hybridized carbons (Fsp3) is 0.182. The van der Waals surface area contributed by atoms with Crippen LogP contribution in [0.2, 0.25) is 0 Å². The number of hydrogen-bond donors (Lipinski definition) is 1. The zero-order valence-electron chi connectivity index (χ0n) is 9.41. The van der Waals surface area contributed by atoms with Gasteiger partial charge in [0.2, 0.25) is 0 Å². The van der Waals surface area contributed by atoms with Crippen LogP contribution in [0.4, 0.5) is 0 Å². The van der Waals surface area contributed by atoms with E-state index in [0.717, 1.165) is 5.03 Å². The summed E-state index contributed by atoms with van der Waals surface area (Å²) in [7, 11) is 1.73. The molecule has 0 saturated carbocycles. The Balaban J connectivity index is 2.42. The molecule has 6 heteroatoms. The maximum absolute atomic E-state index is 11.2. The average Bonchev–Trinajstić information content (AvgIpc) is 2.55. The van der Waals surface area contributed by atoms with Crippen molar-refractivity contribution >= 4 is 17.7 Å². The molecular weight excluding hydrogens is 238 g/mol. The van der Waals surface area contributed by atoms with Crippen LogP contribution in [0.25, 0.3) is 0 Å². The molecule has 0 unspecified atom stereocenters. The average molecular weight is 249 g/mol. The predicted octanol–water partition coefficient (Wildman–Crippen LogP) is 1.97. The smallest absolute Gasteiger partial charge is 0.340 e. The summed E-state index contributed by atoms with van der Waals surface area (Å²) in [5, 5.41) is 14.6. The van der Waals surface area contributed by atoms with Crippen molar-refractivity contribution in [3.63, 3.8) is 0 Å². The van der Waals surface area contributed by atoms with E-state index in [1.54, 1.807) is 24.9 Å². The van der Waals surface area contributed by atoms with Crippen LogP contribution in [-0.4, -0.2) is 25.8 Å². The van der Waals surface area contributed by atoms with Crippen LogP contribution >= 0.6 is 11.8 Å². The monoisotopic (exact) mass is 249 g/mol. The highest BCUT2D eigenvalue weighted by atomic mass is 32.2. The third-order valence-electron chi connectivity index (χ3n) is 2.22. The van der Waals surface area contributed by atoms with E-state index in [9.17, 15) is 4.79 Å².